The average Bonchev–Trinajstić information content (AvgIpc) is 3.05. The Balaban J connectivity index is 1.77. The smallest absolute Gasteiger partial charge is 0.110 e. The number of fused-ring (bicyclic) bond motifs is 1. The van der Waals surface area contributed by atoms with E-state index in [0.29, 0.717) is 12.0 Å². The summed E-state index contributed by atoms with van der Waals surface area (Å²) < 4.78 is 5.55. The first-order valence-electron chi connectivity index (χ1n) is 7.18. The zero-order chi connectivity index (χ0) is 12.4. The first-order chi connectivity index (χ1) is 8.88. The molecule has 0 radical (unpaired) electrons. The Bertz CT molecular complexity index is 377. The molecule has 1 fully saturated rings. The number of hydrogen-bond donors (Lipinski definition) is 1. The van der Waals surface area contributed by atoms with Crippen molar-refractivity contribution in [3.05, 3.63) is 15.6 Å². The zero-order valence-corrected chi connectivity index (χ0v) is 11.9. The summed E-state index contributed by atoms with van der Waals surface area (Å²) in [5.41, 5.74) is 1.37. The second-order valence-electron chi connectivity index (χ2n) is 5.33. The van der Waals surface area contributed by atoms with Gasteiger partial charge in [-0.3, -0.25) is 0 Å². The van der Waals surface area contributed by atoms with Crippen LogP contribution in [0, 0.1) is 5.92 Å². The number of aromatic nitrogens is 1. The van der Waals surface area contributed by atoms with E-state index in [1.807, 2.05) is 11.3 Å². The van der Waals surface area contributed by atoms with Gasteiger partial charge in [-0.1, -0.05) is 6.92 Å². The lowest BCUT2D eigenvalue weighted by molar-refractivity contribution is 0.176. The molecule has 0 spiro atoms. The minimum Gasteiger partial charge on any atom is -0.381 e. The Labute approximate surface area is 113 Å². The fourth-order valence-electron chi connectivity index (χ4n) is 2.91. The molecule has 2 unspecified atom stereocenters. The van der Waals surface area contributed by atoms with Gasteiger partial charge in [0, 0.05) is 17.4 Å². The fourth-order valence-corrected chi connectivity index (χ4v) is 4.24. The van der Waals surface area contributed by atoms with E-state index in [9.17, 15) is 0 Å². The van der Waals surface area contributed by atoms with Crippen molar-refractivity contribution in [1.82, 2.24) is 10.3 Å². The largest absolute Gasteiger partial charge is 0.381 e. The van der Waals surface area contributed by atoms with Gasteiger partial charge in [-0.25, -0.2) is 4.98 Å². The maximum absolute atomic E-state index is 5.55. The van der Waals surface area contributed by atoms with E-state index < -0.39 is 0 Å². The van der Waals surface area contributed by atoms with Crippen LogP contribution in [-0.2, 0) is 17.6 Å². The minimum atomic E-state index is 0.419. The molecule has 100 valence electrons. The van der Waals surface area contributed by atoms with Gasteiger partial charge in [0.25, 0.3) is 0 Å². The highest BCUT2D eigenvalue weighted by Crippen LogP contribution is 2.35. The molecule has 3 nitrogen and oxygen atoms in total. The van der Waals surface area contributed by atoms with Crippen LogP contribution in [-0.4, -0.2) is 24.7 Å². The van der Waals surface area contributed by atoms with Crippen LogP contribution in [0.4, 0.5) is 0 Å². The molecule has 3 rings (SSSR count). The van der Waals surface area contributed by atoms with Gasteiger partial charge in [-0.15, -0.1) is 11.3 Å². The van der Waals surface area contributed by atoms with Crippen molar-refractivity contribution in [2.24, 2.45) is 5.92 Å². The molecule has 2 heterocycles. The average molecular weight is 266 g/mol. The van der Waals surface area contributed by atoms with Gasteiger partial charge in [0.1, 0.15) is 5.01 Å². The number of aryl methyl sites for hydroxylation is 2. The molecular weight excluding hydrogens is 244 g/mol. The molecule has 1 aliphatic heterocycles. The van der Waals surface area contributed by atoms with Gasteiger partial charge in [0.05, 0.1) is 18.3 Å². The molecule has 4 heteroatoms. The topological polar surface area (TPSA) is 34.2 Å². The third kappa shape index (κ3) is 2.46. The first-order valence-corrected chi connectivity index (χ1v) is 7.99. The van der Waals surface area contributed by atoms with Gasteiger partial charge in [-0.2, -0.15) is 0 Å². The van der Waals surface area contributed by atoms with Crippen LogP contribution in [0.2, 0.25) is 0 Å². The Hall–Kier alpha value is -0.450. The summed E-state index contributed by atoms with van der Waals surface area (Å²) in [6.07, 6.45) is 6.08. The van der Waals surface area contributed by atoms with Crippen LogP contribution in [0.25, 0.3) is 0 Å². The van der Waals surface area contributed by atoms with E-state index in [1.54, 1.807) is 0 Å². The Morgan fingerprint density at radius 2 is 2.44 bits per heavy atom. The standard InChI is InChI=1S/C14H22N2OS/c1-2-7-15-13(10-6-8-17-9-10)14-16-11-4-3-5-12(11)18-14/h10,13,15H,2-9H2,1H3. The van der Waals surface area contributed by atoms with E-state index in [2.05, 4.69) is 12.2 Å². The van der Waals surface area contributed by atoms with Gasteiger partial charge in [0.2, 0.25) is 0 Å². The Kier molecular flexibility index (Phi) is 3.97. The van der Waals surface area contributed by atoms with Crippen molar-refractivity contribution in [2.45, 2.75) is 45.1 Å². The van der Waals surface area contributed by atoms with Crippen molar-refractivity contribution in [1.29, 1.82) is 0 Å². The van der Waals surface area contributed by atoms with Crippen molar-refractivity contribution in [3.63, 3.8) is 0 Å². The highest BCUT2D eigenvalue weighted by molar-refractivity contribution is 7.11. The second kappa shape index (κ2) is 5.68. The van der Waals surface area contributed by atoms with Crippen molar-refractivity contribution in [2.75, 3.05) is 19.8 Å². The van der Waals surface area contributed by atoms with E-state index in [-0.39, 0.29) is 0 Å². The van der Waals surface area contributed by atoms with Gasteiger partial charge in [0.15, 0.2) is 0 Å². The summed E-state index contributed by atoms with van der Waals surface area (Å²) in [7, 11) is 0. The molecular formula is C14H22N2OS. The molecule has 0 amide bonds. The fraction of sp³-hybridized carbons (Fsp3) is 0.786. The lowest BCUT2D eigenvalue weighted by Gasteiger charge is -2.21. The molecule has 0 aromatic carbocycles. The number of nitrogens with one attached hydrogen (secondary N) is 1. The number of hydrogen-bond acceptors (Lipinski definition) is 4. The number of thiazole rings is 1. The summed E-state index contributed by atoms with van der Waals surface area (Å²) in [4.78, 5) is 6.42. The highest BCUT2D eigenvalue weighted by atomic mass is 32.1. The SMILES string of the molecule is CCCNC(c1nc2c(s1)CCC2)C1CCOC1. The molecule has 1 N–H and O–H groups in total. The van der Waals surface area contributed by atoms with Crippen LogP contribution in [0.1, 0.15) is 47.8 Å². The van der Waals surface area contributed by atoms with Gasteiger partial charge >= 0.3 is 0 Å². The van der Waals surface area contributed by atoms with Crippen LogP contribution in [0.15, 0.2) is 0 Å². The number of ether oxygens (including phenoxy) is 1. The molecule has 18 heavy (non-hydrogen) atoms. The van der Waals surface area contributed by atoms with Crippen molar-refractivity contribution < 1.29 is 4.74 Å². The maximum Gasteiger partial charge on any atom is 0.110 e. The number of rotatable bonds is 5. The third-order valence-corrected chi connectivity index (χ3v) is 5.17. The summed E-state index contributed by atoms with van der Waals surface area (Å²) in [6.45, 7) is 5.11. The minimum absolute atomic E-state index is 0.419. The monoisotopic (exact) mass is 266 g/mol. The Morgan fingerprint density at radius 3 is 3.17 bits per heavy atom. The Morgan fingerprint density at radius 1 is 1.50 bits per heavy atom. The molecule has 0 bridgehead atoms. The summed E-state index contributed by atoms with van der Waals surface area (Å²) in [6, 6.07) is 0.419. The molecule has 1 aliphatic carbocycles. The maximum atomic E-state index is 5.55. The third-order valence-electron chi connectivity index (χ3n) is 3.93. The zero-order valence-electron chi connectivity index (χ0n) is 11.1. The predicted molar refractivity (Wildman–Crippen MR) is 74.1 cm³/mol. The molecule has 2 aliphatic rings. The molecule has 1 aromatic rings. The lowest BCUT2D eigenvalue weighted by atomic mass is 9.99. The van der Waals surface area contributed by atoms with Crippen LogP contribution >= 0.6 is 11.3 Å². The highest BCUT2D eigenvalue weighted by Gasteiger charge is 2.30. The quantitative estimate of drug-likeness (QED) is 0.890. The molecule has 0 saturated carbocycles. The van der Waals surface area contributed by atoms with Crippen molar-refractivity contribution >= 4 is 11.3 Å². The summed E-state index contributed by atoms with van der Waals surface area (Å²) >= 11 is 1.94. The van der Waals surface area contributed by atoms with E-state index >= 15 is 0 Å². The summed E-state index contributed by atoms with van der Waals surface area (Å²) in [5, 5.41) is 4.99. The molecule has 1 aromatic heterocycles. The van der Waals surface area contributed by atoms with E-state index in [4.69, 9.17) is 9.72 Å². The predicted octanol–water partition coefficient (Wildman–Crippen LogP) is 2.71. The first kappa shape index (κ1) is 12.6. The lowest BCUT2D eigenvalue weighted by Crippen LogP contribution is -2.29. The van der Waals surface area contributed by atoms with E-state index in [0.717, 1.165) is 19.8 Å². The normalized spacial score (nSPS) is 24.4. The van der Waals surface area contributed by atoms with Crippen LogP contribution in [0.5, 0.6) is 0 Å². The van der Waals surface area contributed by atoms with Gasteiger partial charge < -0.3 is 10.1 Å². The molecule has 2 atom stereocenters. The van der Waals surface area contributed by atoms with E-state index in [1.165, 1.54) is 47.7 Å². The number of nitrogens with zero attached hydrogens (tertiary/aromatic N) is 1. The second-order valence-corrected chi connectivity index (χ2v) is 6.45. The molecule has 1 saturated heterocycles. The van der Waals surface area contributed by atoms with Crippen LogP contribution < -0.4 is 5.32 Å². The van der Waals surface area contributed by atoms with Gasteiger partial charge in [-0.05, 0) is 38.6 Å². The van der Waals surface area contributed by atoms with Crippen molar-refractivity contribution in [3.8, 4) is 0 Å². The van der Waals surface area contributed by atoms with Crippen LogP contribution in [0.3, 0.4) is 0 Å². The summed E-state index contributed by atoms with van der Waals surface area (Å²) in [5.74, 6) is 0.614.